The fourth-order valence-corrected chi connectivity index (χ4v) is 4.84. The van der Waals surface area contributed by atoms with Crippen molar-refractivity contribution in [2.24, 2.45) is 0 Å². The third kappa shape index (κ3) is 6.07. The molecule has 3 N–H and O–H groups in total. The molecule has 2 fully saturated rings. The minimum Gasteiger partial charge on any atom is -0.384 e. The van der Waals surface area contributed by atoms with E-state index >= 15 is 4.39 Å². The Morgan fingerprint density at radius 3 is 2.53 bits per heavy atom. The van der Waals surface area contributed by atoms with E-state index in [1.165, 1.54) is 12.1 Å². The lowest BCUT2D eigenvalue weighted by atomic mass is 9.90. The summed E-state index contributed by atoms with van der Waals surface area (Å²) in [7, 11) is 0. The smallest absolute Gasteiger partial charge is 0.260 e. The summed E-state index contributed by atoms with van der Waals surface area (Å²) in [6.45, 7) is 3.27. The van der Waals surface area contributed by atoms with Crippen LogP contribution in [-0.4, -0.2) is 65.1 Å². The quantitative estimate of drug-likeness (QED) is 0.644. The Hall–Kier alpha value is -2.65. The minimum absolute atomic E-state index is 0.188. The molecule has 2 aliphatic heterocycles. The lowest BCUT2D eigenvalue weighted by Gasteiger charge is -2.40. The van der Waals surface area contributed by atoms with E-state index in [0.29, 0.717) is 57.1 Å². The molecular weight excluding hydrogens is 443 g/mol. The van der Waals surface area contributed by atoms with E-state index in [-0.39, 0.29) is 18.9 Å². The topological polar surface area (TPSA) is 74.5 Å². The summed E-state index contributed by atoms with van der Waals surface area (Å²) >= 11 is 0. The number of nitrogen functional groups attached to an aromatic ring is 1. The zero-order valence-corrected chi connectivity index (χ0v) is 19.3. The Kier molecular flexibility index (Phi) is 7.73. The zero-order valence-electron chi connectivity index (χ0n) is 19.3. The van der Waals surface area contributed by atoms with E-state index in [9.17, 15) is 13.6 Å². The van der Waals surface area contributed by atoms with Crippen LogP contribution in [0.25, 0.3) is 0 Å². The molecule has 3 heterocycles. The maximum Gasteiger partial charge on any atom is 0.260 e. The van der Waals surface area contributed by atoms with Crippen molar-refractivity contribution in [2.45, 2.75) is 50.4 Å². The third-order valence-electron chi connectivity index (χ3n) is 6.91. The van der Waals surface area contributed by atoms with E-state index in [4.69, 9.17) is 5.73 Å². The van der Waals surface area contributed by atoms with Crippen molar-refractivity contribution < 1.29 is 18.0 Å². The number of pyridine rings is 1. The number of likely N-dealkylation sites (tertiary alicyclic amines) is 2. The van der Waals surface area contributed by atoms with Crippen LogP contribution in [0.4, 0.5) is 19.0 Å². The van der Waals surface area contributed by atoms with Crippen LogP contribution in [0.1, 0.15) is 36.8 Å². The predicted molar refractivity (Wildman–Crippen MR) is 125 cm³/mol. The van der Waals surface area contributed by atoms with Gasteiger partial charge in [-0.25, -0.2) is 18.2 Å². The largest absolute Gasteiger partial charge is 0.384 e. The monoisotopic (exact) mass is 475 g/mol. The molecule has 9 heteroatoms. The summed E-state index contributed by atoms with van der Waals surface area (Å²) in [5, 5.41) is 3.38. The van der Waals surface area contributed by atoms with Crippen LogP contribution in [0.15, 0.2) is 36.5 Å². The number of rotatable bonds is 7. The standard InChI is InChI=1S/C25H32F3N5O/c26-20-2-1-19(22(27)16-20)4-10-30-21-5-11-33(12-6-21)24(34)25(28)7-13-32(14-8-25)17-18-3-9-31-23(29)15-18/h1-3,9,15-16,21,30H,4-8,10-14,17H2,(H2,29,31). The molecule has 0 aliphatic carbocycles. The average Bonchev–Trinajstić information content (AvgIpc) is 2.82. The number of piperidine rings is 2. The number of nitrogens with two attached hydrogens (primary N) is 1. The van der Waals surface area contributed by atoms with Gasteiger partial charge in [0.15, 0.2) is 5.67 Å². The fourth-order valence-electron chi connectivity index (χ4n) is 4.84. The van der Waals surface area contributed by atoms with Gasteiger partial charge in [-0.05, 0) is 55.1 Å². The molecule has 4 rings (SSSR count). The Morgan fingerprint density at radius 1 is 1.12 bits per heavy atom. The number of anilines is 1. The number of amides is 1. The van der Waals surface area contributed by atoms with Crippen molar-refractivity contribution in [3.8, 4) is 0 Å². The van der Waals surface area contributed by atoms with Gasteiger partial charge in [0.05, 0.1) is 0 Å². The molecule has 2 saturated heterocycles. The molecule has 1 amide bonds. The highest BCUT2D eigenvalue weighted by Crippen LogP contribution is 2.31. The molecule has 1 aromatic heterocycles. The molecular formula is C25H32F3N5O. The number of alkyl halides is 1. The highest BCUT2D eigenvalue weighted by atomic mass is 19.1. The lowest BCUT2D eigenvalue weighted by molar-refractivity contribution is -0.148. The van der Waals surface area contributed by atoms with Gasteiger partial charge in [-0.15, -0.1) is 0 Å². The molecule has 2 aromatic rings. The first-order chi connectivity index (χ1) is 16.3. The first-order valence-electron chi connectivity index (χ1n) is 11.9. The SMILES string of the molecule is Nc1cc(CN2CCC(F)(C(=O)N3CCC(NCCc4ccc(F)cc4F)CC3)CC2)ccn1. The van der Waals surface area contributed by atoms with Crippen LogP contribution in [0.2, 0.25) is 0 Å². The number of halogens is 3. The predicted octanol–water partition coefficient (Wildman–Crippen LogP) is 3.07. The lowest BCUT2D eigenvalue weighted by Crippen LogP contribution is -2.55. The minimum atomic E-state index is -1.81. The van der Waals surface area contributed by atoms with Gasteiger partial charge in [0.2, 0.25) is 0 Å². The Morgan fingerprint density at radius 2 is 1.85 bits per heavy atom. The van der Waals surface area contributed by atoms with Gasteiger partial charge in [-0.2, -0.15) is 0 Å². The van der Waals surface area contributed by atoms with E-state index in [1.807, 2.05) is 12.1 Å². The zero-order chi connectivity index (χ0) is 24.1. The van der Waals surface area contributed by atoms with Crippen molar-refractivity contribution >= 4 is 11.7 Å². The van der Waals surface area contributed by atoms with Crippen molar-refractivity contribution in [3.05, 3.63) is 59.3 Å². The molecule has 0 saturated carbocycles. The summed E-state index contributed by atoms with van der Waals surface area (Å²) in [4.78, 5) is 20.7. The van der Waals surface area contributed by atoms with Crippen LogP contribution >= 0.6 is 0 Å². The molecule has 184 valence electrons. The summed E-state index contributed by atoms with van der Waals surface area (Å²) in [6.07, 6.45) is 3.95. The Bertz CT molecular complexity index is 988. The number of aromatic nitrogens is 1. The molecule has 0 radical (unpaired) electrons. The van der Waals surface area contributed by atoms with Crippen molar-refractivity contribution in [2.75, 3.05) is 38.5 Å². The van der Waals surface area contributed by atoms with Gasteiger partial charge in [0.25, 0.3) is 5.91 Å². The van der Waals surface area contributed by atoms with Gasteiger partial charge in [-0.1, -0.05) is 6.07 Å². The normalized spacial score (nSPS) is 19.3. The maximum absolute atomic E-state index is 15.6. The maximum atomic E-state index is 15.6. The van der Waals surface area contributed by atoms with Gasteiger partial charge >= 0.3 is 0 Å². The van der Waals surface area contributed by atoms with Crippen LogP contribution in [0, 0.1) is 11.6 Å². The number of carbonyl (C=O) groups excluding carboxylic acids is 1. The van der Waals surface area contributed by atoms with Crippen molar-refractivity contribution in [1.82, 2.24) is 20.1 Å². The summed E-state index contributed by atoms with van der Waals surface area (Å²) in [5.74, 6) is -1.05. The number of nitrogens with one attached hydrogen (secondary N) is 1. The number of hydrogen-bond acceptors (Lipinski definition) is 5. The van der Waals surface area contributed by atoms with Crippen molar-refractivity contribution in [1.29, 1.82) is 0 Å². The van der Waals surface area contributed by atoms with E-state index in [2.05, 4.69) is 15.2 Å². The summed E-state index contributed by atoms with van der Waals surface area (Å²) in [5.41, 5.74) is 5.42. The third-order valence-corrected chi connectivity index (χ3v) is 6.91. The summed E-state index contributed by atoms with van der Waals surface area (Å²) < 4.78 is 42.3. The molecule has 0 bridgehead atoms. The fraction of sp³-hybridized carbons (Fsp3) is 0.520. The van der Waals surface area contributed by atoms with E-state index < -0.39 is 23.2 Å². The van der Waals surface area contributed by atoms with E-state index in [1.54, 1.807) is 11.1 Å². The van der Waals surface area contributed by atoms with Gasteiger partial charge in [0.1, 0.15) is 17.5 Å². The number of benzene rings is 1. The van der Waals surface area contributed by atoms with Crippen LogP contribution in [0.5, 0.6) is 0 Å². The second kappa shape index (κ2) is 10.7. The number of nitrogens with zero attached hydrogens (tertiary/aromatic N) is 3. The molecule has 0 spiro atoms. The van der Waals surface area contributed by atoms with E-state index in [0.717, 1.165) is 24.5 Å². The molecule has 0 atom stereocenters. The Balaban J connectivity index is 1.19. The van der Waals surface area contributed by atoms with Crippen molar-refractivity contribution in [3.63, 3.8) is 0 Å². The average molecular weight is 476 g/mol. The van der Waals surface area contributed by atoms with Gasteiger partial charge in [-0.3, -0.25) is 9.69 Å². The second-order valence-corrected chi connectivity index (χ2v) is 9.34. The van der Waals surface area contributed by atoms with Crippen LogP contribution < -0.4 is 11.1 Å². The molecule has 6 nitrogen and oxygen atoms in total. The number of carbonyl (C=O) groups is 1. The second-order valence-electron chi connectivity index (χ2n) is 9.34. The van der Waals surface area contributed by atoms with Gasteiger partial charge in [0, 0.05) is 63.9 Å². The highest BCUT2D eigenvalue weighted by molar-refractivity contribution is 5.85. The van der Waals surface area contributed by atoms with Crippen LogP contribution in [-0.2, 0) is 17.8 Å². The van der Waals surface area contributed by atoms with Gasteiger partial charge < -0.3 is 16.0 Å². The number of hydrogen-bond donors (Lipinski definition) is 2. The first kappa shape index (κ1) is 24.5. The van der Waals surface area contributed by atoms with Crippen LogP contribution in [0.3, 0.4) is 0 Å². The summed E-state index contributed by atoms with van der Waals surface area (Å²) in [6, 6.07) is 7.52. The molecule has 2 aliphatic rings. The molecule has 0 unspecified atom stereocenters. The first-order valence-corrected chi connectivity index (χ1v) is 11.9. The Labute approximate surface area is 198 Å². The highest BCUT2D eigenvalue weighted by Gasteiger charge is 2.44. The molecule has 34 heavy (non-hydrogen) atoms. The molecule has 1 aromatic carbocycles.